The summed E-state index contributed by atoms with van der Waals surface area (Å²) in [6.45, 7) is 2.63. The molecule has 1 aromatic heterocycles. The molecule has 4 aliphatic carbocycles. The molecule has 5 aliphatic rings. The number of hydrogen-bond donors (Lipinski definition) is 0. The molecule has 1 saturated heterocycles. The summed E-state index contributed by atoms with van der Waals surface area (Å²) in [5.74, 6) is 1.000. The van der Waals surface area contributed by atoms with Crippen LogP contribution >= 0.6 is 0 Å². The van der Waals surface area contributed by atoms with E-state index in [4.69, 9.17) is 4.74 Å². The summed E-state index contributed by atoms with van der Waals surface area (Å²) >= 11 is 0. The molecule has 38 heavy (non-hydrogen) atoms. The second-order valence-electron chi connectivity index (χ2n) is 12.1. The molecule has 0 radical (unpaired) electrons. The lowest BCUT2D eigenvalue weighted by atomic mass is 9.50. The van der Waals surface area contributed by atoms with Crippen LogP contribution in [0.1, 0.15) is 69.8 Å². The molecule has 1 spiro atoms. The molecule has 3 nitrogen and oxygen atoms in total. The molecule has 5 unspecified atom stereocenters. The van der Waals surface area contributed by atoms with Gasteiger partial charge in [0.15, 0.2) is 5.78 Å². The topological polar surface area (TPSA) is 39.2 Å². The number of nitrogens with zero attached hydrogens (tertiary/aromatic N) is 1. The first-order valence-corrected chi connectivity index (χ1v) is 14.1. The van der Waals surface area contributed by atoms with E-state index in [2.05, 4.69) is 42.2 Å². The molecule has 0 amide bonds. The van der Waals surface area contributed by atoms with E-state index in [-0.39, 0.29) is 22.7 Å². The van der Waals surface area contributed by atoms with Gasteiger partial charge in [-0.25, -0.2) is 0 Å². The molecule has 0 N–H and O–H groups in total. The summed E-state index contributed by atoms with van der Waals surface area (Å²) in [4.78, 5) is 16.6. The molecule has 5 heteroatoms. The third-order valence-corrected chi connectivity index (χ3v) is 10.6. The first kappa shape index (κ1) is 24.1. The Morgan fingerprint density at radius 3 is 2.63 bits per heavy atom. The van der Waals surface area contributed by atoms with E-state index in [0.29, 0.717) is 37.7 Å². The summed E-state index contributed by atoms with van der Waals surface area (Å²) in [5.41, 5.74) is 6.52. The summed E-state index contributed by atoms with van der Waals surface area (Å²) in [6, 6.07) is 12.8. The monoisotopic (exact) mass is 513 g/mol. The van der Waals surface area contributed by atoms with Crippen LogP contribution < -0.4 is 0 Å². The number of pyridine rings is 1. The predicted octanol–water partition coefficient (Wildman–Crippen LogP) is 7.96. The molecule has 1 aliphatic heterocycles. The van der Waals surface area contributed by atoms with Gasteiger partial charge in [0.2, 0.25) is 0 Å². The van der Waals surface area contributed by atoms with Gasteiger partial charge in [0.1, 0.15) is 5.60 Å². The molecule has 3 fully saturated rings. The van der Waals surface area contributed by atoms with Gasteiger partial charge in [0.05, 0.1) is 6.61 Å². The second-order valence-corrected chi connectivity index (χ2v) is 12.1. The predicted molar refractivity (Wildman–Crippen MR) is 142 cm³/mol. The highest BCUT2D eigenvalue weighted by Crippen LogP contribution is 2.70. The van der Waals surface area contributed by atoms with Crippen LogP contribution in [0.25, 0.3) is 11.1 Å². The molecule has 7 rings (SSSR count). The van der Waals surface area contributed by atoms with Gasteiger partial charge in [-0.1, -0.05) is 42.8 Å². The van der Waals surface area contributed by atoms with Crippen molar-refractivity contribution in [1.82, 2.24) is 4.98 Å². The third kappa shape index (κ3) is 3.40. The summed E-state index contributed by atoms with van der Waals surface area (Å²) in [5, 5.41) is 0. The minimum absolute atomic E-state index is 0.124. The zero-order valence-corrected chi connectivity index (χ0v) is 21.8. The largest absolute Gasteiger partial charge is 0.370 e. The lowest BCUT2D eigenvalue weighted by Crippen LogP contribution is -2.52. The number of aromatic nitrogens is 1. The number of carbonyl (C=O) groups excluding carboxylic acids is 1. The van der Waals surface area contributed by atoms with Gasteiger partial charge in [-0.2, -0.15) is 8.78 Å². The average Bonchev–Trinajstić information content (AvgIpc) is 3.50. The van der Waals surface area contributed by atoms with Crippen molar-refractivity contribution < 1.29 is 18.3 Å². The van der Waals surface area contributed by atoms with Gasteiger partial charge in [-0.05, 0) is 90.3 Å². The minimum atomic E-state index is -1.54. The Morgan fingerprint density at radius 1 is 1.03 bits per heavy atom. The van der Waals surface area contributed by atoms with Crippen LogP contribution in [0.2, 0.25) is 0 Å². The van der Waals surface area contributed by atoms with E-state index in [1.165, 1.54) is 22.3 Å². The van der Waals surface area contributed by atoms with E-state index >= 15 is 0 Å². The highest BCUT2D eigenvalue weighted by Gasteiger charge is 2.67. The number of fused-ring (bicyclic) bond motifs is 5. The van der Waals surface area contributed by atoms with Crippen molar-refractivity contribution in [3.05, 3.63) is 88.8 Å². The van der Waals surface area contributed by atoms with Crippen molar-refractivity contribution in [2.45, 2.75) is 69.8 Å². The van der Waals surface area contributed by atoms with Crippen LogP contribution in [0.15, 0.2) is 83.2 Å². The van der Waals surface area contributed by atoms with Crippen LogP contribution in [0, 0.1) is 17.3 Å². The molecule has 0 bridgehead atoms. The number of ketones is 1. The zero-order chi connectivity index (χ0) is 26.1. The van der Waals surface area contributed by atoms with E-state index in [1.807, 2.05) is 18.3 Å². The number of ether oxygens (including phenoxy) is 1. The number of rotatable bonds is 2. The van der Waals surface area contributed by atoms with Gasteiger partial charge in [-0.3, -0.25) is 9.78 Å². The first-order chi connectivity index (χ1) is 18.4. The Hall–Kier alpha value is -2.92. The van der Waals surface area contributed by atoms with Crippen molar-refractivity contribution in [2.24, 2.45) is 17.3 Å². The van der Waals surface area contributed by atoms with Gasteiger partial charge >= 0.3 is 0 Å². The maximum absolute atomic E-state index is 14.3. The van der Waals surface area contributed by atoms with E-state index < -0.39 is 11.7 Å². The average molecular weight is 514 g/mol. The molecular formula is C33H33F2NO2. The van der Waals surface area contributed by atoms with Crippen LogP contribution in [0.4, 0.5) is 8.78 Å². The van der Waals surface area contributed by atoms with Crippen molar-refractivity contribution in [1.29, 1.82) is 0 Å². The Morgan fingerprint density at radius 2 is 1.87 bits per heavy atom. The SMILES string of the molecule is CC12CC(c3ccc(-c4cccnc4)cc3)C3=C4CCC(=O)C=C4CCC3C1CCC21OCCC1=C(F)F. The van der Waals surface area contributed by atoms with Crippen molar-refractivity contribution in [3.63, 3.8) is 0 Å². The molecular weight excluding hydrogens is 480 g/mol. The molecule has 5 atom stereocenters. The zero-order valence-electron chi connectivity index (χ0n) is 21.8. The molecule has 1 aromatic carbocycles. The fourth-order valence-electron chi connectivity index (χ4n) is 8.98. The van der Waals surface area contributed by atoms with Crippen LogP contribution in [-0.2, 0) is 9.53 Å². The Bertz CT molecular complexity index is 1390. The van der Waals surface area contributed by atoms with Crippen LogP contribution in [0.5, 0.6) is 0 Å². The fourth-order valence-corrected chi connectivity index (χ4v) is 8.98. The number of allylic oxidation sites excluding steroid dienone is 4. The number of carbonyl (C=O) groups is 1. The third-order valence-electron chi connectivity index (χ3n) is 10.6. The highest BCUT2D eigenvalue weighted by atomic mass is 19.3. The van der Waals surface area contributed by atoms with Gasteiger partial charge in [0.25, 0.3) is 6.08 Å². The Labute approximate surface area is 222 Å². The minimum Gasteiger partial charge on any atom is -0.370 e. The normalized spacial score (nSPS) is 34.2. The number of benzene rings is 1. The Balaban J connectivity index is 1.37. The van der Waals surface area contributed by atoms with Gasteiger partial charge in [-0.15, -0.1) is 0 Å². The summed E-state index contributed by atoms with van der Waals surface area (Å²) < 4.78 is 35.0. The summed E-state index contributed by atoms with van der Waals surface area (Å²) in [7, 11) is 0. The molecule has 2 aromatic rings. The van der Waals surface area contributed by atoms with E-state index in [1.54, 1.807) is 6.20 Å². The lowest BCUT2D eigenvalue weighted by molar-refractivity contribution is -0.114. The van der Waals surface area contributed by atoms with Crippen molar-refractivity contribution in [3.8, 4) is 11.1 Å². The smallest absolute Gasteiger partial charge is 0.272 e. The summed E-state index contributed by atoms with van der Waals surface area (Å²) in [6.07, 6.45) is 9.97. The first-order valence-electron chi connectivity index (χ1n) is 14.1. The maximum Gasteiger partial charge on any atom is 0.272 e. The standard InChI is InChI=1S/C33H33F2NO2/c1-32-18-27(21-6-4-20(5-7-21)23-3-2-15-36-19-23)30-25-11-9-24(37)17-22(25)8-10-26(30)28(32)12-14-33(32)29(31(34)35)13-16-38-33/h2-7,15,17,19,26-28H,8-14,16,18H2,1H3. The van der Waals surface area contributed by atoms with Gasteiger partial charge < -0.3 is 4.74 Å². The number of hydrogen-bond acceptors (Lipinski definition) is 3. The van der Waals surface area contributed by atoms with Crippen LogP contribution in [0.3, 0.4) is 0 Å². The van der Waals surface area contributed by atoms with Crippen molar-refractivity contribution in [2.75, 3.05) is 6.61 Å². The highest BCUT2D eigenvalue weighted by molar-refractivity contribution is 5.93. The lowest BCUT2D eigenvalue weighted by Gasteiger charge is -2.55. The van der Waals surface area contributed by atoms with Crippen LogP contribution in [-0.4, -0.2) is 23.0 Å². The molecule has 2 heterocycles. The van der Waals surface area contributed by atoms with E-state index in [0.717, 1.165) is 43.2 Å². The second kappa shape index (κ2) is 8.81. The maximum atomic E-state index is 14.3. The fraction of sp³-hybridized carbons (Fsp3) is 0.455. The van der Waals surface area contributed by atoms with Gasteiger partial charge in [0, 0.05) is 42.1 Å². The van der Waals surface area contributed by atoms with E-state index in [9.17, 15) is 13.6 Å². The molecule has 2 saturated carbocycles. The quantitative estimate of drug-likeness (QED) is 0.409. The molecule has 196 valence electrons. The number of halogens is 2. The Kier molecular flexibility index (Phi) is 5.59. The van der Waals surface area contributed by atoms with Crippen molar-refractivity contribution >= 4 is 5.78 Å².